The normalized spacial score (nSPS) is 11.7. The second kappa shape index (κ2) is 4.98. The lowest BCUT2D eigenvalue weighted by atomic mass is 9.79. The highest BCUT2D eigenvalue weighted by molar-refractivity contribution is 5.74. The standard InChI is InChI=1S/C17H22O/c1-16(2,3)14-10-13(8-7-9-18)11-15(12-14)17(4,5)6/h9-12H,1-6H3. The minimum atomic E-state index is 0.0822. The summed E-state index contributed by atoms with van der Waals surface area (Å²) >= 11 is 0. The summed E-state index contributed by atoms with van der Waals surface area (Å²) in [6, 6.07) is 6.39. The fourth-order valence-electron chi connectivity index (χ4n) is 1.68. The van der Waals surface area contributed by atoms with Gasteiger partial charge in [0.25, 0.3) is 0 Å². The molecule has 0 saturated heterocycles. The molecule has 0 unspecified atom stereocenters. The van der Waals surface area contributed by atoms with Crippen molar-refractivity contribution < 1.29 is 4.79 Å². The summed E-state index contributed by atoms with van der Waals surface area (Å²) in [5.41, 5.74) is 3.59. The molecule has 1 rings (SSSR count). The lowest BCUT2D eigenvalue weighted by molar-refractivity contribution is -0.103. The average Bonchev–Trinajstić information content (AvgIpc) is 2.23. The Morgan fingerprint density at radius 2 is 1.33 bits per heavy atom. The Kier molecular flexibility index (Phi) is 4.02. The molecule has 0 aliphatic carbocycles. The number of benzene rings is 1. The third-order valence-electron chi connectivity index (χ3n) is 2.94. The molecule has 18 heavy (non-hydrogen) atoms. The number of carbonyl (C=O) groups excluding carboxylic acids is 1. The first kappa shape index (κ1) is 14.5. The molecule has 0 N–H and O–H groups in total. The smallest absolute Gasteiger partial charge is 0.193 e. The fraction of sp³-hybridized carbons (Fsp3) is 0.471. The topological polar surface area (TPSA) is 17.1 Å². The van der Waals surface area contributed by atoms with Crippen LogP contribution in [0.4, 0.5) is 0 Å². The van der Waals surface area contributed by atoms with E-state index in [9.17, 15) is 4.79 Å². The molecule has 1 aromatic rings. The van der Waals surface area contributed by atoms with E-state index in [1.54, 1.807) is 0 Å². The van der Waals surface area contributed by atoms with Crippen molar-refractivity contribution in [3.05, 3.63) is 34.9 Å². The van der Waals surface area contributed by atoms with Crippen molar-refractivity contribution in [2.75, 3.05) is 0 Å². The molecule has 0 fully saturated rings. The molecule has 0 atom stereocenters. The van der Waals surface area contributed by atoms with Crippen LogP contribution in [0.25, 0.3) is 0 Å². The Hall–Kier alpha value is -1.55. The van der Waals surface area contributed by atoms with E-state index in [0.717, 1.165) is 5.56 Å². The Bertz CT molecular complexity index is 467. The maximum absolute atomic E-state index is 10.4. The summed E-state index contributed by atoms with van der Waals surface area (Å²) in [4.78, 5) is 10.4. The quantitative estimate of drug-likeness (QED) is 0.499. The maximum atomic E-state index is 10.4. The van der Waals surface area contributed by atoms with Crippen LogP contribution in [-0.2, 0) is 15.6 Å². The van der Waals surface area contributed by atoms with Crippen molar-refractivity contribution in [1.82, 2.24) is 0 Å². The van der Waals surface area contributed by atoms with Crippen molar-refractivity contribution in [3.63, 3.8) is 0 Å². The minimum absolute atomic E-state index is 0.0822. The molecule has 1 heteroatoms. The summed E-state index contributed by atoms with van der Waals surface area (Å²) < 4.78 is 0. The Labute approximate surface area is 111 Å². The van der Waals surface area contributed by atoms with Crippen molar-refractivity contribution in [1.29, 1.82) is 0 Å². The van der Waals surface area contributed by atoms with Gasteiger partial charge in [0.15, 0.2) is 6.29 Å². The van der Waals surface area contributed by atoms with E-state index in [1.165, 1.54) is 11.1 Å². The Morgan fingerprint density at radius 1 is 0.889 bits per heavy atom. The molecule has 0 aliphatic heterocycles. The van der Waals surface area contributed by atoms with Crippen LogP contribution in [0.5, 0.6) is 0 Å². The van der Waals surface area contributed by atoms with E-state index >= 15 is 0 Å². The van der Waals surface area contributed by atoms with Gasteiger partial charge in [-0.2, -0.15) is 0 Å². The second-order valence-corrected chi connectivity index (χ2v) is 6.69. The van der Waals surface area contributed by atoms with E-state index < -0.39 is 0 Å². The summed E-state index contributed by atoms with van der Waals surface area (Å²) in [5, 5.41) is 0. The summed E-state index contributed by atoms with van der Waals surface area (Å²) in [5.74, 6) is 5.39. The molecular formula is C17H22O. The Balaban J connectivity index is 3.43. The van der Waals surface area contributed by atoms with Crippen LogP contribution in [0, 0.1) is 11.8 Å². The first-order valence-electron chi connectivity index (χ1n) is 6.26. The van der Waals surface area contributed by atoms with Gasteiger partial charge < -0.3 is 0 Å². The molecular weight excluding hydrogens is 220 g/mol. The van der Waals surface area contributed by atoms with Crippen molar-refractivity contribution in [3.8, 4) is 11.8 Å². The minimum Gasteiger partial charge on any atom is -0.289 e. The van der Waals surface area contributed by atoms with E-state index in [2.05, 4.69) is 71.6 Å². The van der Waals surface area contributed by atoms with Crippen LogP contribution in [0.15, 0.2) is 18.2 Å². The number of hydrogen-bond acceptors (Lipinski definition) is 1. The third-order valence-corrected chi connectivity index (χ3v) is 2.94. The number of rotatable bonds is 0. The fourth-order valence-corrected chi connectivity index (χ4v) is 1.68. The molecule has 0 spiro atoms. The van der Waals surface area contributed by atoms with Crippen molar-refractivity contribution in [2.24, 2.45) is 0 Å². The van der Waals surface area contributed by atoms with Crippen LogP contribution in [0.1, 0.15) is 58.2 Å². The molecule has 0 saturated carbocycles. The van der Waals surface area contributed by atoms with Crippen molar-refractivity contribution >= 4 is 6.29 Å². The Morgan fingerprint density at radius 3 is 1.67 bits per heavy atom. The SMILES string of the molecule is CC(C)(C)c1cc(C#CC=O)cc(C(C)(C)C)c1. The molecule has 0 amide bonds. The number of hydrogen-bond donors (Lipinski definition) is 0. The zero-order valence-corrected chi connectivity index (χ0v) is 12.2. The van der Waals surface area contributed by atoms with Gasteiger partial charge in [0.05, 0.1) is 0 Å². The molecule has 0 heterocycles. The molecule has 1 nitrogen and oxygen atoms in total. The molecule has 0 radical (unpaired) electrons. The van der Waals surface area contributed by atoms with E-state index in [4.69, 9.17) is 0 Å². The van der Waals surface area contributed by atoms with E-state index in [0.29, 0.717) is 6.29 Å². The van der Waals surface area contributed by atoms with Gasteiger partial charge in [-0.15, -0.1) is 0 Å². The van der Waals surface area contributed by atoms with Crippen LogP contribution in [0.2, 0.25) is 0 Å². The number of aldehydes is 1. The molecule has 0 aliphatic rings. The third kappa shape index (κ3) is 3.74. The predicted molar refractivity (Wildman–Crippen MR) is 76.8 cm³/mol. The first-order chi connectivity index (χ1) is 8.14. The van der Waals surface area contributed by atoms with Gasteiger partial charge >= 0.3 is 0 Å². The van der Waals surface area contributed by atoms with Crippen LogP contribution < -0.4 is 0 Å². The second-order valence-electron chi connectivity index (χ2n) is 6.69. The average molecular weight is 242 g/mol. The number of carbonyl (C=O) groups is 1. The summed E-state index contributed by atoms with van der Waals surface area (Å²) in [6.07, 6.45) is 0.639. The van der Waals surface area contributed by atoms with Gasteiger partial charge in [-0.05, 0) is 40.0 Å². The van der Waals surface area contributed by atoms with Gasteiger partial charge in [-0.25, -0.2) is 0 Å². The van der Waals surface area contributed by atoms with Crippen LogP contribution in [0.3, 0.4) is 0 Å². The lowest BCUT2D eigenvalue weighted by Crippen LogP contribution is -2.16. The zero-order valence-electron chi connectivity index (χ0n) is 12.2. The highest BCUT2D eigenvalue weighted by atomic mass is 16.1. The largest absolute Gasteiger partial charge is 0.289 e. The first-order valence-corrected chi connectivity index (χ1v) is 6.26. The van der Waals surface area contributed by atoms with E-state index in [1.807, 2.05) is 0 Å². The summed E-state index contributed by atoms with van der Waals surface area (Å²) in [7, 11) is 0. The van der Waals surface area contributed by atoms with Gasteiger partial charge in [-0.3, -0.25) is 4.79 Å². The van der Waals surface area contributed by atoms with E-state index in [-0.39, 0.29) is 10.8 Å². The maximum Gasteiger partial charge on any atom is 0.193 e. The van der Waals surface area contributed by atoms with Crippen LogP contribution in [-0.4, -0.2) is 6.29 Å². The van der Waals surface area contributed by atoms with Gasteiger partial charge in [0.1, 0.15) is 0 Å². The van der Waals surface area contributed by atoms with Crippen molar-refractivity contribution in [2.45, 2.75) is 52.4 Å². The molecule has 1 aromatic carbocycles. The molecule has 0 bridgehead atoms. The summed E-state index contributed by atoms with van der Waals surface area (Å²) in [6.45, 7) is 13.1. The lowest BCUT2D eigenvalue weighted by Gasteiger charge is -2.25. The van der Waals surface area contributed by atoms with Gasteiger partial charge in [0, 0.05) is 5.56 Å². The predicted octanol–water partition coefficient (Wildman–Crippen LogP) is 3.83. The van der Waals surface area contributed by atoms with Gasteiger partial charge in [-0.1, -0.05) is 53.5 Å². The monoisotopic (exact) mass is 242 g/mol. The highest BCUT2D eigenvalue weighted by Crippen LogP contribution is 2.29. The molecule has 96 valence electrons. The highest BCUT2D eigenvalue weighted by Gasteiger charge is 2.19. The van der Waals surface area contributed by atoms with Crippen LogP contribution >= 0.6 is 0 Å². The molecule has 0 aromatic heterocycles. The zero-order chi connectivity index (χ0) is 14.0. The van der Waals surface area contributed by atoms with Gasteiger partial charge in [0.2, 0.25) is 0 Å².